The molecule has 8 nitrogen and oxygen atoms in total. The molecular formula is C31H44F2N4O4. The van der Waals surface area contributed by atoms with Crippen molar-refractivity contribution in [3.05, 3.63) is 58.7 Å². The van der Waals surface area contributed by atoms with E-state index in [1.807, 2.05) is 13.8 Å². The summed E-state index contributed by atoms with van der Waals surface area (Å²) in [7, 11) is 0. The number of hydrogen-bond donors (Lipinski definition) is 4. The molecular weight excluding hydrogens is 530 g/mol. The van der Waals surface area contributed by atoms with Gasteiger partial charge in [0.05, 0.1) is 17.6 Å². The SMILES string of the molecule is CCCN(CCC)C(=O)C1=CC(C)=CC(C(N)=O)([C@H](Cc2cc(F)cc(F)c2)[C@@H](O)CNC2CCCCNC2=O)C1. The number of hydrogen-bond acceptors (Lipinski definition) is 5. The minimum Gasteiger partial charge on any atom is -0.391 e. The van der Waals surface area contributed by atoms with E-state index in [0.717, 1.165) is 43.9 Å². The predicted molar refractivity (Wildman–Crippen MR) is 153 cm³/mol. The molecule has 1 saturated heterocycles. The summed E-state index contributed by atoms with van der Waals surface area (Å²) < 4.78 is 28.4. The summed E-state index contributed by atoms with van der Waals surface area (Å²) in [6, 6.07) is 2.55. The molecule has 3 amide bonds. The van der Waals surface area contributed by atoms with Gasteiger partial charge in [-0.1, -0.05) is 31.6 Å². The number of rotatable bonds is 13. The van der Waals surface area contributed by atoms with Gasteiger partial charge in [-0.15, -0.1) is 0 Å². The average Bonchev–Trinajstić information content (AvgIpc) is 3.12. The van der Waals surface area contributed by atoms with Crippen molar-refractivity contribution in [3.63, 3.8) is 0 Å². The van der Waals surface area contributed by atoms with Gasteiger partial charge in [0.15, 0.2) is 0 Å². The van der Waals surface area contributed by atoms with E-state index in [-0.39, 0.29) is 36.8 Å². The number of aliphatic hydroxyl groups is 1. The van der Waals surface area contributed by atoms with Crippen molar-refractivity contribution in [2.24, 2.45) is 17.1 Å². The smallest absolute Gasteiger partial charge is 0.249 e. The largest absolute Gasteiger partial charge is 0.391 e. The summed E-state index contributed by atoms with van der Waals surface area (Å²) in [6.07, 6.45) is 5.81. The number of primary amides is 1. The van der Waals surface area contributed by atoms with Crippen molar-refractivity contribution >= 4 is 17.7 Å². The quantitative estimate of drug-likeness (QED) is 0.288. The Morgan fingerprint density at radius 2 is 1.83 bits per heavy atom. The van der Waals surface area contributed by atoms with Gasteiger partial charge in [-0.25, -0.2) is 8.78 Å². The second kappa shape index (κ2) is 14.7. The lowest BCUT2D eigenvalue weighted by molar-refractivity contribution is -0.132. The molecule has 41 heavy (non-hydrogen) atoms. The molecule has 0 saturated carbocycles. The van der Waals surface area contributed by atoms with Crippen molar-refractivity contribution in [1.82, 2.24) is 15.5 Å². The van der Waals surface area contributed by atoms with Crippen molar-refractivity contribution < 1.29 is 28.3 Å². The van der Waals surface area contributed by atoms with Crippen LogP contribution in [0.5, 0.6) is 0 Å². The normalized spacial score (nSPS) is 22.6. The molecule has 1 aromatic carbocycles. The molecule has 226 valence electrons. The number of amides is 3. The lowest BCUT2D eigenvalue weighted by Gasteiger charge is -2.42. The average molecular weight is 575 g/mol. The Labute approximate surface area is 241 Å². The summed E-state index contributed by atoms with van der Waals surface area (Å²) in [5, 5.41) is 17.6. The second-order valence-electron chi connectivity index (χ2n) is 11.3. The van der Waals surface area contributed by atoms with E-state index in [1.165, 1.54) is 0 Å². The molecule has 1 aliphatic carbocycles. The van der Waals surface area contributed by atoms with Gasteiger partial charge < -0.3 is 26.4 Å². The highest BCUT2D eigenvalue weighted by Crippen LogP contribution is 2.44. The minimum absolute atomic E-state index is 0.0622. The van der Waals surface area contributed by atoms with Crippen molar-refractivity contribution in [2.75, 3.05) is 26.2 Å². The minimum atomic E-state index is -1.52. The van der Waals surface area contributed by atoms with Gasteiger partial charge in [0, 0.05) is 43.7 Å². The van der Waals surface area contributed by atoms with Gasteiger partial charge in [-0.3, -0.25) is 14.4 Å². The first-order valence-corrected chi connectivity index (χ1v) is 14.6. The van der Waals surface area contributed by atoms with Crippen molar-refractivity contribution in [2.45, 2.75) is 77.9 Å². The van der Waals surface area contributed by atoms with Crippen molar-refractivity contribution in [1.29, 1.82) is 0 Å². The molecule has 2 unspecified atom stereocenters. The number of benzene rings is 1. The van der Waals surface area contributed by atoms with Crippen LogP contribution >= 0.6 is 0 Å². The molecule has 10 heteroatoms. The topological polar surface area (TPSA) is 125 Å². The van der Waals surface area contributed by atoms with Crippen LogP contribution in [0.4, 0.5) is 8.78 Å². The second-order valence-corrected chi connectivity index (χ2v) is 11.3. The fourth-order valence-corrected chi connectivity index (χ4v) is 6.10. The number of carbonyl (C=O) groups is 3. The summed E-state index contributed by atoms with van der Waals surface area (Å²) in [5.41, 5.74) is 5.82. The molecule has 3 rings (SSSR count). The third-order valence-corrected chi connectivity index (χ3v) is 7.99. The van der Waals surface area contributed by atoms with E-state index in [4.69, 9.17) is 5.73 Å². The zero-order valence-corrected chi connectivity index (χ0v) is 24.3. The lowest BCUT2D eigenvalue weighted by Crippen LogP contribution is -2.53. The third-order valence-electron chi connectivity index (χ3n) is 7.99. The van der Waals surface area contributed by atoms with Crippen LogP contribution in [0.2, 0.25) is 0 Å². The van der Waals surface area contributed by atoms with Crippen LogP contribution in [-0.4, -0.2) is 66.1 Å². The van der Waals surface area contributed by atoms with Crippen LogP contribution in [0.1, 0.15) is 64.9 Å². The Kier molecular flexibility index (Phi) is 11.6. The van der Waals surface area contributed by atoms with Crippen molar-refractivity contribution in [3.8, 4) is 0 Å². The lowest BCUT2D eigenvalue weighted by atomic mass is 9.63. The molecule has 1 aliphatic heterocycles. The van der Waals surface area contributed by atoms with Gasteiger partial charge in [-0.2, -0.15) is 0 Å². The highest BCUT2D eigenvalue weighted by Gasteiger charge is 2.48. The molecule has 0 radical (unpaired) electrons. The zero-order chi connectivity index (χ0) is 30.2. The van der Waals surface area contributed by atoms with Gasteiger partial charge in [-0.05, 0) is 69.6 Å². The van der Waals surface area contributed by atoms with E-state index in [0.29, 0.717) is 37.2 Å². The first-order chi connectivity index (χ1) is 19.5. The van der Waals surface area contributed by atoms with E-state index in [9.17, 15) is 28.3 Å². The van der Waals surface area contributed by atoms with E-state index < -0.39 is 41.0 Å². The Balaban J connectivity index is 2.00. The van der Waals surface area contributed by atoms with Crippen LogP contribution in [0.15, 0.2) is 41.5 Å². The monoisotopic (exact) mass is 574 g/mol. The molecule has 5 N–H and O–H groups in total. The number of nitrogens with zero attached hydrogens (tertiary/aromatic N) is 1. The maximum Gasteiger partial charge on any atom is 0.249 e. The molecule has 0 spiro atoms. The van der Waals surface area contributed by atoms with Gasteiger partial charge >= 0.3 is 0 Å². The zero-order valence-electron chi connectivity index (χ0n) is 24.3. The summed E-state index contributed by atoms with van der Waals surface area (Å²) in [5.74, 6) is -3.64. The maximum absolute atomic E-state index is 14.2. The van der Waals surface area contributed by atoms with Crippen LogP contribution in [0.3, 0.4) is 0 Å². The maximum atomic E-state index is 14.2. The van der Waals surface area contributed by atoms with E-state index in [1.54, 1.807) is 24.0 Å². The summed E-state index contributed by atoms with van der Waals surface area (Å²) >= 11 is 0. The molecule has 1 aromatic rings. The molecule has 0 aromatic heterocycles. The molecule has 2 aliphatic rings. The Bertz CT molecular complexity index is 1140. The van der Waals surface area contributed by atoms with Gasteiger partial charge in [0.2, 0.25) is 17.7 Å². The molecule has 0 bridgehead atoms. The number of aliphatic hydroxyl groups excluding tert-OH is 1. The van der Waals surface area contributed by atoms with Gasteiger partial charge in [0.1, 0.15) is 11.6 Å². The highest BCUT2D eigenvalue weighted by molar-refractivity contribution is 5.97. The Hall–Kier alpha value is -3.11. The Morgan fingerprint density at radius 3 is 2.44 bits per heavy atom. The van der Waals surface area contributed by atoms with Crippen LogP contribution < -0.4 is 16.4 Å². The highest BCUT2D eigenvalue weighted by atomic mass is 19.1. The molecule has 1 heterocycles. The summed E-state index contributed by atoms with van der Waals surface area (Å²) in [6.45, 7) is 7.35. The number of halogens is 2. The number of allylic oxidation sites excluding steroid dienone is 2. The number of nitrogens with one attached hydrogen (secondary N) is 2. The Morgan fingerprint density at radius 1 is 1.17 bits per heavy atom. The molecule has 4 atom stereocenters. The standard InChI is InChI=1S/C31H44F2N4O4/c1-4-10-37(11-5-2)29(40)22-12-20(3)17-31(18-22,30(34)41)25(15-21-13-23(32)16-24(33)14-21)27(38)19-36-26-8-6-7-9-35-28(26)39/h12-14,16-17,25-27,36,38H,4-11,15,18-19H2,1-3H3,(H2,34,41)(H,35,39)/t25-,26?,27+,31?/m1/s1. The van der Waals surface area contributed by atoms with Crippen LogP contribution in [0.25, 0.3) is 0 Å². The van der Waals surface area contributed by atoms with Crippen LogP contribution in [0, 0.1) is 23.0 Å². The fourth-order valence-electron chi connectivity index (χ4n) is 6.10. The fraction of sp³-hybridized carbons (Fsp3) is 0.581. The summed E-state index contributed by atoms with van der Waals surface area (Å²) in [4.78, 5) is 41.2. The molecule has 1 fully saturated rings. The van der Waals surface area contributed by atoms with E-state index >= 15 is 0 Å². The first kappa shape index (κ1) is 32.4. The third kappa shape index (κ3) is 8.23. The van der Waals surface area contributed by atoms with Gasteiger partial charge in [0.25, 0.3) is 0 Å². The van der Waals surface area contributed by atoms with Crippen LogP contribution in [-0.2, 0) is 20.8 Å². The predicted octanol–water partition coefficient (Wildman–Crippen LogP) is 3.14. The number of carbonyl (C=O) groups excluding carboxylic acids is 3. The first-order valence-electron chi connectivity index (χ1n) is 14.6. The van der Waals surface area contributed by atoms with E-state index in [2.05, 4.69) is 10.6 Å². The number of nitrogens with two attached hydrogens (primary N) is 1.